The SMILES string of the molecule is O=C(CSc1nc2c(c(=O)[nH]1)CN(Cc1ccccc1)CC2)Nc1ccc(F)c(F)c1. The lowest BCUT2D eigenvalue weighted by Gasteiger charge is -2.27. The maximum absolute atomic E-state index is 13.3. The fourth-order valence-corrected chi connectivity index (χ4v) is 4.09. The van der Waals surface area contributed by atoms with Crippen molar-refractivity contribution in [1.82, 2.24) is 14.9 Å². The number of thioether (sulfide) groups is 1. The van der Waals surface area contributed by atoms with E-state index in [-0.39, 0.29) is 17.0 Å². The highest BCUT2D eigenvalue weighted by Gasteiger charge is 2.21. The van der Waals surface area contributed by atoms with Crippen molar-refractivity contribution in [2.24, 2.45) is 0 Å². The molecule has 2 heterocycles. The van der Waals surface area contributed by atoms with Gasteiger partial charge in [0.1, 0.15) is 0 Å². The van der Waals surface area contributed by atoms with Gasteiger partial charge in [-0.2, -0.15) is 0 Å². The molecule has 0 spiro atoms. The van der Waals surface area contributed by atoms with E-state index in [1.807, 2.05) is 18.2 Å². The summed E-state index contributed by atoms with van der Waals surface area (Å²) in [7, 11) is 0. The molecule has 0 fully saturated rings. The van der Waals surface area contributed by atoms with E-state index in [1.165, 1.54) is 11.6 Å². The van der Waals surface area contributed by atoms with Gasteiger partial charge in [-0.1, -0.05) is 42.1 Å². The summed E-state index contributed by atoms with van der Waals surface area (Å²) in [6, 6.07) is 13.2. The summed E-state index contributed by atoms with van der Waals surface area (Å²) < 4.78 is 26.2. The first-order chi connectivity index (χ1) is 15.0. The molecule has 1 aromatic heterocycles. The van der Waals surface area contributed by atoms with E-state index < -0.39 is 17.5 Å². The number of rotatable bonds is 6. The summed E-state index contributed by atoms with van der Waals surface area (Å²) >= 11 is 1.09. The zero-order valence-electron chi connectivity index (χ0n) is 16.5. The average molecular weight is 442 g/mol. The molecule has 1 aliphatic rings. The zero-order chi connectivity index (χ0) is 21.8. The Kier molecular flexibility index (Phi) is 6.43. The Morgan fingerprint density at radius 2 is 1.97 bits per heavy atom. The number of carbonyl (C=O) groups excluding carboxylic acids is 1. The van der Waals surface area contributed by atoms with Crippen LogP contribution in [0.3, 0.4) is 0 Å². The predicted octanol–water partition coefficient (Wildman–Crippen LogP) is 3.34. The van der Waals surface area contributed by atoms with Gasteiger partial charge >= 0.3 is 0 Å². The summed E-state index contributed by atoms with van der Waals surface area (Å²) in [5.41, 5.74) is 2.55. The van der Waals surface area contributed by atoms with Gasteiger partial charge in [0.2, 0.25) is 5.91 Å². The molecule has 1 aliphatic heterocycles. The van der Waals surface area contributed by atoms with E-state index in [1.54, 1.807) is 0 Å². The maximum Gasteiger partial charge on any atom is 0.256 e. The highest BCUT2D eigenvalue weighted by atomic mass is 32.2. The number of nitrogens with zero attached hydrogens (tertiary/aromatic N) is 2. The number of benzene rings is 2. The third-order valence-corrected chi connectivity index (χ3v) is 5.79. The molecule has 6 nitrogen and oxygen atoms in total. The molecule has 0 unspecified atom stereocenters. The largest absolute Gasteiger partial charge is 0.325 e. The number of aromatic nitrogens is 2. The molecule has 160 valence electrons. The number of nitrogens with one attached hydrogen (secondary N) is 2. The molecule has 0 aliphatic carbocycles. The van der Waals surface area contributed by atoms with Crippen molar-refractivity contribution in [1.29, 1.82) is 0 Å². The summed E-state index contributed by atoms with van der Waals surface area (Å²) in [4.78, 5) is 34.1. The van der Waals surface area contributed by atoms with Gasteiger partial charge in [-0.15, -0.1) is 0 Å². The number of carbonyl (C=O) groups is 1. The van der Waals surface area contributed by atoms with Crippen molar-refractivity contribution >= 4 is 23.4 Å². The second-order valence-corrected chi connectivity index (χ2v) is 8.17. The van der Waals surface area contributed by atoms with Crippen LogP contribution in [0.15, 0.2) is 58.5 Å². The summed E-state index contributed by atoms with van der Waals surface area (Å²) in [5, 5.41) is 2.85. The van der Waals surface area contributed by atoms with E-state index in [0.717, 1.165) is 42.7 Å². The van der Waals surface area contributed by atoms with Gasteiger partial charge in [-0.3, -0.25) is 14.5 Å². The molecule has 4 rings (SSSR count). The minimum absolute atomic E-state index is 0.0269. The van der Waals surface area contributed by atoms with Crippen LogP contribution in [-0.2, 0) is 24.3 Å². The van der Waals surface area contributed by atoms with E-state index >= 15 is 0 Å². The van der Waals surface area contributed by atoms with Crippen molar-refractivity contribution in [2.75, 3.05) is 17.6 Å². The van der Waals surface area contributed by atoms with Crippen LogP contribution < -0.4 is 10.9 Å². The smallest absolute Gasteiger partial charge is 0.256 e. The molecule has 31 heavy (non-hydrogen) atoms. The topological polar surface area (TPSA) is 78.1 Å². The quantitative estimate of drug-likeness (QED) is 0.452. The van der Waals surface area contributed by atoms with Crippen LogP contribution in [0.4, 0.5) is 14.5 Å². The highest BCUT2D eigenvalue weighted by Crippen LogP contribution is 2.20. The monoisotopic (exact) mass is 442 g/mol. The van der Waals surface area contributed by atoms with E-state index in [0.29, 0.717) is 23.7 Å². The van der Waals surface area contributed by atoms with Crippen LogP contribution in [0.25, 0.3) is 0 Å². The van der Waals surface area contributed by atoms with Crippen LogP contribution in [0, 0.1) is 11.6 Å². The van der Waals surface area contributed by atoms with Gasteiger partial charge in [-0.25, -0.2) is 13.8 Å². The lowest BCUT2D eigenvalue weighted by molar-refractivity contribution is -0.113. The Labute approximate surface area is 181 Å². The minimum Gasteiger partial charge on any atom is -0.325 e. The molecule has 0 radical (unpaired) electrons. The molecule has 0 saturated heterocycles. The van der Waals surface area contributed by atoms with Crippen molar-refractivity contribution in [3.63, 3.8) is 0 Å². The van der Waals surface area contributed by atoms with Crippen LogP contribution in [0.2, 0.25) is 0 Å². The normalized spacial score (nSPS) is 13.6. The van der Waals surface area contributed by atoms with Crippen molar-refractivity contribution < 1.29 is 13.6 Å². The molecular formula is C22H20F2N4O2S. The molecular weight excluding hydrogens is 422 g/mol. The number of anilines is 1. The standard InChI is InChI=1S/C22H20F2N4O2S/c23-17-7-6-15(10-18(17)24)25-20(29)13-31-22-26-19-8-9-28(12-16(19)21(30)27-22)11-14-4-2-1-3-5-14/h1-7,10H,8-9,11-13H2,(H,25,29)(H,26,27,30). The third-order valence-electron chi connectivity index (χ3n) is 4.92. The van der Waals surface area contributed by atoms with Crippen molar-refractivity contribution in [3.8, 4) is 0 Å². The van der Waals surface area contributed by atoms with Gasteiger partial charge in [0.15, 0.2) is 16.8 Å². The van der Waals surface area contributed by atoms with E-state index in [9.17, 15) is 18.4 Å². The zero-order valence-corrected chi connectivity index (χ0v) is 17.3. The first-order valence-electron chi connectivity index (χ1n) is 9.74. The highest BCUT2D eigenvalue weighted by molar-refractivity contribution is 7.99. The van der Waals surface area contributed by atoms with Gasteiger partial charge in [-0.05, 0) is 17.7 Å². The Balaban J connectivity index is 1.36. The lowest BCUT2D eigenvalue weighted by atomic mass is 10.1. The Morgan fingerprint density at radius 1 is 1.16 bits per heavy atom. The van der Waals surface area contributed by atoms with Gasteiger partial charge < -0.3 is 10.3 Å². The lowest BCUT2D eigenvalue weighted by Crippen LogP contribution is -2.35. The van der Waals surface area contributed by atoms with Gasteiger partial charge in [0, 0.05) is 37.8 Å². The molecule has 0 saturated carbocycles. The summed E-state index contributed by atoms with van der Waals surface area (Å²) in [5.74, 6) is -2.45. The Bertz CT molecular complexity index is 1150. The maximum atomic E-state index is 13.3. The van der Waals surface area contributed by atoms with Crippen LogP contribution in [0.5, 0.6) is 0 Å². The first-order valence-corrected chi connectivity index (χ1v) is 10.7. The Morgan fingerprint density at radius 3 is 2.74 bits per heavy atom. The second-order valence-electron chi connectivity index (χ2n) is 7.21. The molecule has 2 aromatic carbocycles. The molecule has 9 heteroatoms. The predicted molar refractivity (Wildman–Crippen MR) is 115 cm³/mol. The molecule has 2 N–H and O–H groups in total. The van der Waals surface area contributed by atoms with Crippen LogP contribution in [0.1, 0.15) is 16.8 Å². The third kappa shape index (κ3) is 5.36. The number of amides is 1. The summed E-state index contributed by atoms with van der Waals surface area (Å²) in [6.45, 7) is 2.08. The molecule has 1 amide bonds. The summed E-state index contributed by atoms with van der Waals surface area (Å²) in [6.07, 6.45) is 0.653. The molecule has 0 atom stereocenters. The first kappa shape index (κ1) is 21.2. The number of H-pyrrole nitrogens is 1. The number of halogens is 2. The fraction of sp³-hybridized carbons (Fsp3) is 0.227. The average Bonchev–Trinajstić information content (AvgIpc) is 2.76. The van der Waals surface area contributed by atoms with Crippen molar-refractivity contribution in [3.05, 3.63) is 87.3 Å². The fourth-order valence-electron chi connectivity index (χ4n) is 3.41. The van der Waals surface area contributed by atoms with Crippen LogP contribution in [-0.4, -0.2) is 33.1 Å². The molecule has 0 bridgehead atoms. The van der Waals surface area contributed by atoms with Gasteiger partial charge in [0.25, 0.3) is 5.56 Å². The number of hydrogen-bond acceptors (Lipinski definition) is 5. The van der Waals surface area contributed by atoms with Crippen LogP contribution >= 0.6 is 11.8 Å². The Hall–Kier alpha value is -3.04. The second kappa shape index (κ2) is 9.40. The number of fused-ring (bicyclic) bond motifs is 1. The molecule has 3 aromatic rings. The van der Waals surface area contributed by atoms with E-state index in [4.69, 9.17) is 0 Å². The van der Waals surface area contributed by atoms with E-state index in [2.05, 4.69) is 32.3 Å². The minimum atomic E-state index is -1.03. The number of hydrogen-bond donors (Lipinski definition) is 2. The number of aromatic amines is 1. The van der Waals surface area contributed by atoms with Gasteiger partial charge in [0.05, 0.1) is 17.0 Å². The van der Waals surface area contributed by atoms with Crippen molar-refractivity contribution in [2.45, 2.75) is 24.7 Å².